The van der Waals surface area contributed by atoms with Gasteiger partial charge in [-0.25, -0.2) is 8.78 Å². The fourth-order valence-electron chi connectivity index (χ4n) is 1.80. The van der Waals surface area contributed by atoms with Crippen molar-refractivity contribution in [3.05, 3.63) is 67.6 Å². The Hall–Kier alpha value is -0.780. The zero-order valence-electron chi connectivity index (χ0n) is 9.92. The fourth-order valence-corrected chi connectivity index (χ4v) is 2.86. The Bertz CT molecular complexity index is 629. The van der Waals surface area contributed by atoms with E-state index >= 15 is 0 Å². The topological polar surface area (TPSA) is 20.2 Å². The van der Waals surface area contributed by atoms with Crippen LogP contribution in [0, 0.1) is 18.6 Å². The van der Waals surface area contributed by atoms with Gasteiger partial charge in [0, 0.05) is 4.47 Å². The summed E-state index contributed by atoms with van der Waals surface area (Å²) in [6.45, 7) is 1.89. The molecule has 5 heteroatoms. The number of aliphatic hydroxyl groups is 1. The summed E-state index contributed by atoms with van der Waals surface area (Å²) in [6, 6.07) is 7.59. The molecule has 19 heavy (non-hydrogen) atoms. The highest BCUT2D eigenvalue weighted by molar-refractivity contribution is 9.10. The van der Waals surface area contributed by atoms with Crippen molar-refractivity contribution in [2.75, 3.05) is 0 Å². The highest BCUT2D eigenvalue weighted by Gasteiger charge is 2.23. The van der Waals surface area contributed by atoms with Crippen LogP contribution in [-0.4, -0.2) is 5.11 Å². The van der Waals surface area contributed by atoms with Gasteiger partial charge in [-0.15, -0.1) is 0 Å². The van der Waals surface area contributed by atoms with Crippen molar-refractivity contribution >= 4 is 31.9 Å². The van der Waals surface area contributed by atoms with Crippen LogP contribution in [0.4, 0.5) is 8.78 Å². The molecule has 0 radical (unpaired) electrons. The minimum atomic E-state index is -1.37. The number of rotatable bonds is 2. The molecule has 1 N–H and O–H groups in total. The lowest BCUT2D eigenvalue weighted by atomic mass is 9.99. The van der Waals surface area contributed by atoms with E-state index in [0.29, 0.717) is 10.0 Å². The average Bonchev–Trinajstić information content (AvgIpc) is 2.34. The highest BCUT2D eigenvalue weighted by atomic mass is 79.9. The molecule has 0 amide bonds. The number of halogens is 4. The van der Waals surface area contributed by atoms with Crippen LogP contribution >= 0.6 is 31.9 Å². The zero-order chi connectivity index (χ0) is 14.2. The van der Waals surface area contributed by atoms with Gasteiger partial charge >= 0.3 is 0 Å². The summed E-state index contributed by atoms with van der Waals surface area (Å²) < 4.78 is 28.4. The Morgan fingerprint density at radius 3 is 2.37 bits per heavy atom. The first-order valence-electron chi connectivity index (χ1n) is 5.49. The molecule has 2 aromatic rings. The van der Waals surface area contributed by atoms with Crippen molar-refractivity contribution in [2.45, 2.75) is 13.0 Å². The summed E-state index contributed by atoms with van der Waals surface area (Å²) >= 11 is 6.28. The molecular formula is C14H10Br2F2O. The summed E-state index contributed by atoms with van der Waals surface area (Å²) in [5, 5.41) is 10.2. The average molecular weight is 392 g/mol. The Labute approximate surface area is 126 Å². The molecule has 0 bridgehead atoms. The van der Waals surface area contributed by atoms with Crippen LogP contribution in [0.3, 0.4) is 0 Å². The summed E-state index contributed by atoms with van der Waals surface area (Å²) in [5.41, 5.74) is 1.04. The van der Waals surface area contributed by atoms with Crippen LogP contribution in [-0.2, 0) is 0 Å². The maximum absolute atomic E-state index is 13.9. The summed E-state index contributed by atoms with van der Waals surface area (Å²) in [4.78, 5) is 0. The Morgan fingerprint density at radius 1 is 1.05 bits per heavy atom. The molecular weight excluding hydrogens is 382 g/mol. The van der Waals surface area contributed by atoms with Crippen molar-refractivity contribution in [3.63, 3.8) is 0 Å². The molecule has 100 valence electrons. The predicted octanol–water partition coefficient (Wildman–Crippen LogP) is 4.88. The van der Waals surface area contributed by atoms with Crippen molar-refractivity contribution in [2.24, 2.45) is 0 Å². The molecule has 0 fully saturated rings. The molecule has 0 aliphatic rings. The van der Waals surface area contributed by atoms with E-state index in [1.807, 2.05) is 6.92 Å². The molecule has 0 aliphatic carbocycles. The van der Waals surface area contributed by atoms with Gasteiger partial charge in [0.05, 0.1) is 10.0 Å². The first-order chi connectivity index (χ1) is 8.91. The van der Waals surface area contributed by atoms with Crippen molar-refractivity contribution in [1.29, 1.82) is 0 Å². The SMILES string of the molecule is Cc1ccc(C(O)c2c(F)ccc(Br)c2F)c(Br)c1. The van der Waals surface area contributed by atoms with E-state index in [0.717, 1.165) is 11.6 Å². The molecule has 1 atom stereocenters. The van der Waals surface area contributed by atoms with E-state index in [4.69, 9.17) is 0 Å². The normalized spacial score (nSPS) is 12.5. The fraction of sp³-hybridized carbons (Fsp3) is 0.143. The summed E-state index contributed by atoms with van der Waals surface area (Å²) in [7, 11) is 0. The van der Waals surface area contributed by atoms with Gasteiger partial charge in [0.25, 0.3) is 0 Å². The largest absolute Gasteiger partial charge is 0.383 e. The van der Waals surface area contributed by atoms with E-state index in [1.165, 1.54) is 6.07 Å². The third-order valence-corrected chi connectivity index (χ3v) is 4.10. The third-order valence-electron chi connectivity index (χ3n) is 2.80. The molecule has 1 nitrogen and oxygen atoms in total. The van der Waals surface area contributed by atoms with E-state index in [9.17, 15) is 13.9 Å². The highest BCUT2D eigenvalue weighted by Crippen LogP contribution is 2.34. The van der Waals surface area contributed by atoms with Gasteiger partial charge in [-0.2, -0.15) is 0 Å². The molecule has 0 saturated carbocycles. The third kappa shape index (κ3) is 2.88. The van der Waals surface area contributed by atoms with Gasteiger partial charge in [-0.1, -0.05) is 28.1 Å². The number of aryl methyl sites for hydroxylation is 1. The second-order valence-corrected chi connectivity index (χ2v) is 5.89. The summed E-state index contributed by atoms with van der Waals surface area (Å²) in [6.07, 6.45) is -1.37. The van der Waals surface area contributed by atoms with Gasteiger partial charge in [-0.3, -0.25) is 0 Å². The van der Waals surface area contributed by atoms with Crippen molar-refractivity contribution in [3.8, 4) is 0 Å². The molecule has 2 aromatic carbocycles. The molecule has 0 aliphatic heterocycles. The Balaban J connectivity index is 2.56. The van der Waals surface area contributed by atoms with E-state index in [1.54, 1.807) is 18.2 Å². The Morgan fingerprint density at radius 2 is 1.74 bits per heavy atom. The van der Waals surface area contributed by atoms with Crippen LogP contribution in [0.2, 0.25) is 0 Å². The first kappa shape index (κ1) is 14.6. The summed E-state index contributed by atoms with van der Waals surface area (Å²) in [5.74, 6) is -1.57. The van der Waals surface area contributed by atoms with E-state index in [-0.39, 0.29) is 10.0 Å². The van der Waals surface area contributed by atoms with Crippen LogP contribution < -0.4 is 0 Å². The van der Waals surface area contributed by atoms with Crippen LogP contribution in [0.5, 0.6) is 0 Å². The molecule has 0 heterocycles. The van der Waals surface area contributed by atoms with E-state index < -0.39 is 17.7 Å². The standard InChI is InChI=1S/C14H10Br2F2O/c1-7-2-3-8(10(16)6-7)14(19)12-11(17)5-4-9(15)13(12)18/h2-6,14,19H,1H3. The number of benzene rings is 2. The smallest absolute Gasteiger partial charge is 0.146 e. The van der Waals surface area contributed by atoms with Gasteiger partial charge < -0.3 is 5.11 Å². The first-order valence-corrected chi connectivity index (χ1v) is 7.08. The molecule has 1 unspecified atom stereocenters. The van der Waals surface area contributed by atoms with Crippen LogP contribution in [0.25, 0.3) is 0 Å². The lowest BCUT2D eigenvalue weighted by Gasteiger charge is -2.16. The van der Waals surface area contributed by atoms with Crippen LogP contribution in [0.15, 0.2) is 39.3 Å². The maximum atomic E-state index is 13.9. The van der Waals surface area contributed by atoms with Gasteiger partial charge in [0.15, 0.2) is 0 Å². The molecule has 0 spiro atoms. The van der Waals surface area contributed by atoms with E-state index in [2.05, 4.69) is 31.9 Å². The van der Waals surface area contributed by atoms with Crippen molar-refractivity contribution in [1.82, 2.24) is 0 Å². The molecule has 2 rings (SSSR count). The predicted molar refractivity (Wildman–Crippen MR) is 77.0 cm³/mol. The molecule has 0 saturated heterocycles. The van der Waals surface area contributed by atoms with Crippen molar-refractivity contribution < 1.29 is 13.9 Å². The van der Waals surface area contributed by atoms with Gasteiger partial charge in [-0.05, 0) is 52.2 Å². The zero-order valence-corrected chi connectivity index (χ0v) is 13.1. The van der Waals surface area contributed by atoms with Gasteiger partial charge in [0.2, 0.25) is 0 Å². The monoisotopic (exact) mass is 390 g/mol. The lowest BCUT2D eigenvalue weighted by molar-refractivity contribution is 0.208. The number of aliphatic hydroxyl groups excluding tert-OH is 1. The number of hydrogen-bond acceptors (Lipinski definition) is 1. The van der Waals surface area contributed by atoms with Crippen LogP contribution in [0.1, 0.15) is 22.8 Å². The quantitative estimate of drug-likeness (QED) is 0.723. The van der Waals surface area contributed by atoms with Gasteiger partial charge in [0.1, 0.15) is 17.7 Å². The minimum Gasteiger partial charge on any atom is -0.383 e. The maximum Gasteiger partial charge on any atom is 0.146 e. The minimum absolute atomic E-state index is 0.117. The second kappa shape index (κ2) is 5.69. The molecule has 0 aromatic heterocycles. The second-order valence-electron chi connectivity index (χ2n) is 4.18. The Kier molecular flexibility index (Phi) is 4.38. The lowest BCUT2D eigenvalue weighted by Crippen LogP contribution is -2.07. The number of hydrogen-bond donors (Lipinski definition) is 1.